The largest absolute Gasteiger partial charge is 0.469 e. The quantitative estimate of drug-likeness (QED) is 0.545. The fourth-order valence-electron chi connectivity index (χ4n) is 1.69. The third-order valence-corrected chi connectivity index (χ3v) is 2.67. The summed E-state index contributed by atoms with van der Waals surface area (Å²) < 4.78 is 4.74. The van der Waals surface area contributed by atoms with E-state index in [4.69, 9.17) is 4.74 Å². The number of ether oxygens (including phenoxy) is 1. The second kappa shape index (κ2) is 3.90. The lowest BCUT2D eigenvalue weighted by atomic mass is 9.87. The van der Waals surface area contributed by atoms with E-state index in [1.165, 1.54) is 7.11 Å². The number of rotatable bonds is 1. The minimum Gasteiger partial charge on any atom is -0.469 e. The van der Waals surface area contributed by atoms with Gasteiger partial charge in [-0.25, -0.2) is 0 Å². The van der Waals surface area contributed by atoms with Gasteiger partial charge in [0.15, 0.2) is 0 Å². The summed E-state index contributed by atoms with van der Waals surface area (Å²) in [6.45, 7) is 4.05. The highest BCUT2D eigenvalue weighted by molar-refractivity contribution is 5.73. The van der Waals surface area contributed by atoms with Crippen molar-refractivity contribution >= 4 is 5.97 Å². The molecule has 0 aromatic heterocycles. The Morgan fingerprint density at radius 2 is 2.25 bits per heavy atom. The number of hydrogen-bond acceptors (Lipinski definition) is 3. The van der Waals surface area contributed by atoms with Crippen LogP contribution < -0.4 is 0 Å². The molecule has 0 aromatic carbocycles. The third-order valence-electron chi connectivity index (χ3n) is 2.67. The van der Waals surface area contributed by atoms with Crippen molar-refractivity contribution in [2.75, 3.05) is 27.2 Å². The molecule has 0 radical (unpaired) electrons. The van der Waals surface area contributed by atoms with Crippen LogP contribution in [0, 0.1) is 11.8 Å². The molecule has 1 fully saturated rings. The molecule has 0 N–H and O–H groups in total. The predicted octanol–water partition coefficient (Wildman–Crippen LogP) is 0.747. The van der Waals surface area contributed by atoms with Crippen molar-refractivity contribution < 1.29 is 9.53 Å². The Morgan fingerprint density at radius 1 is 1.58 bits per heavy atom. The van der Waals surface area contributed by atoms with Gasteiger partial charge in [0, 0.05) is 6.54 Å². The van der Waals surface area contributed by atoms with Gasteiger partial charge >= 0.3 is 5.97 Å². The van der Waals surface area contributed by atoms with Crippen LogP contribution in [0.25, 0.3) is 0 Å². The molecule has 1 aliphatic rings. The summed E-state index contributed by atoms with van der Waals surface area (Å²) >= 11 is 0. The smallest absolute Gasteiger partial charge is 0.310 e. The molecule has 0 aliphatic carbocycles. The van der Waals surface area contributed by atoms with Crippen molar-refractivity contribution in [2.24, 2.45) is 11.8 Å². The van der Waals surface area contributed by atoms with E-state index in [9.17, 15) is 4.79 Å². The Morgan fingerprint density at radius 3 is 2.83 bits per heavy atom. The molecule has 2 atom stereocenters. The van der Waals surface area contributed by atoms with Gasteiger partial charge in [0.25, 0.3) is 0 Å². The highest BCUT2D eigenvalue weighted by atomic mass is 16.5. The number of carbonyl (C=O) groups excluding carboxylic acids is 1. The second-order valence-electron chi connectivity index (χ2n) is 3.66. The minimum absolute atomic E-state index is 0.0611. The number of nitrogens with zero attached hydrogens (tertiary/aromatic N) is 1. The molecule has 1 heterocycles. The molecular formula is C9H17NO2. The number of carbonyl (C=O) groups is 1. The lowest BCUT2D eigenvalue weighted by molar-refractivity contribution is -0.149. The second-order valence-corrected chi connectivity index (χ2v) is 3.66. The highest BCUT2D eigenvalue weighted by Crippen LogP contribution is 2.22. The maximum absolute atomic E-state index is 11.3. The van der Waals surface area contributed by atoms with Gasteiger partial charge in [-0.1, -0.05) is 6.92 Å². The Bertz CT molecular complexity index is 170. The van der Waals surface area contributed by atoms with Crippen molar-refractivity contribution in [1.29, 1.82) is 0 Å². The average Bonchev–Trinajstić information content (AvgIpc) is 2.08. The van der Waals surface area contributed by atoms with E-state index in [1.807, 2.05) is 7.05 Å². The van der Waals surface area contributed by atoms with Gasteiger partial charge in [-0.15, -0.1) is 0 Å². The van der Waals surface area contributed by atoms with E-state index >= 15 is 0 Å². The van der Waals surface area contributed by atoms with Crippen molar-refractivity contribution in [3.05, 3.63) is 0 Å². The number of likely N-dealkylation sites (tertiary alicyclic amines) is 1. The van der Waals surface area contributed by atoms with E-state index in [0.717, 1.165) is 19.5 Å². The standard InChI is InChI=1S/C9H17NO2/c1-7-4-5-10(2)6-8(7)9(11)12-3/h7-8H,4-6H2,1-3H3. The van der Waals surface area contributed by atoms with Crippen LogP contribution in [0.3, 0.4) is 0 Å². The van der Waals surface area contributed by atoms with Crippen molar-refractivity contribution in [3.63, 3.8) is 0 Å². The molecule has 0 bridgehead atoms. The monoisotopic (exact) mass is 171 g/mol. The molecule has 1 aliphatic heterocycles. The summed E-state index contributed by atoms with van der Waals surface area (Å²) in [6.07, 6.45) is 1.09. The highest BCUT2D eigenvalue weighted by Gasteiger charge is 2.30. The van der Waals surface area contributed by atoms with Gasteiger partial charge < -0.3 is 9.64 Å². The molecule has 1 rings (SSSR count). The van der Waals surface area contributed by atoms with Crippen molar-refractivity contribution in [1.82, 2.24) is 4.90 Å². The summed E-state index contributed by atoms with van der Waals surface area (Å²) in [7, 11) is 3.51. The topological polar surface area (TPSA) is 29.5 Å². The minimum atomic E-state index is -0.0611. The van der Waals surface area contributed by atoms with Crippen LogP contribution in [0.2, 0.25) is 0 Å². The summed E-state index contributed by atoms with van der Waals surface area (Å²) in [6, 6.07) is 0. The zero-order chi connectivity index (χ0) is 9.14. The third kappa shape index (κ3) is 1.97. The molecule has 12 heavy (non-hydrogen) atoms. The van der Waals surface area contributed by atoms with Crippen LogP contribution >= 0.6 is 0 Å². The van der Waals surface area contributed by atoms with Crippen LogP contribution in [-0.4, -0.2) is 38.1 Å². The summed E-state index contributed by atoms with van der Waals surface area (Å²) in [5.41, 5.74) is 0. The van der Waals surface area contributed by atoms with E-state index in [2.05, 4.69) is 11.8 Å². The van der Waals surface area contributed by atoms with Crippen molar-refractivity contribution in [2.45, 2.75) is 13.3 Å². The molecule has 70 valence electrons. The molecule has 3 heteroatoms. The Hall–Kier alpha value is -0.570. The molecule has 0 saturated carbocycles. The molecular weight excluding hydrogens is 154 g/mol. The predicted molar refractivity (Wildman–Crippen MR) is 46.8 cm³/mol. The van der Waals surface area contributed by atoms with Gasteiger partial charge in [0.2, 0.25) is 0 Å². The van der Waals surface area contributed by atoms with E-state index in [0.29, 0.717) is 5.92 Å². The maximum Gasteiger partial charge on any atom is 0.310 e. The number of methoxy groups -OCH3 is 1. The van der Waals surface area contributed by atoms with E-state index in [1.54, 1.807) is 0 Å². The Kier molecular flexibility index (Phi) is 3.09. The number of hydrogen-bond donors (Lipinski definition) is 0. The SMILES string of the molecule is COC(=O)C1CN(C)CCC1C. The first kappa shape index (κ1) is 9.52. The van der Waals surface area contributed by atoms with Gasteiger partial charge in [-0.05, 0) is 25.9 Å². The number of piperidine rings is 1. The molecule has 3 nitrogen and oxygen atoms in total. The zero-order valence-electron chi connectivity index (χ0n) is 8.04. The van der Waals surface area contributed by atoms with Gasteiger partial charge in [-0.3, -0.25) is 4.79 Å². The van der Waals surface area contributed by atoms with Gasteiger partial charge in [-0.2, -0.15) is 0 Å². The normalized spacial score (nSPS) is 31.6. The summed E-state index contributed by atoms with van der Waals surface area (Å²) in [4.78, 5) is 13.5. The molecule has 0 spiro atoms. The van der Waals surface area contributed by atoms with Gasteiger partial charge in [0.1, 0.15) is 0 Å². The first-order chi connectivity index (χ1) is 5.65. The van der Waals surface area contributed by atoms with E-state index < -0.39 is 0 Å². The number of esters is 1. The van der Waals surface area contributed by atoms with Gasteiger partial charge in [0.05, 0.1) is 13.0 Å². The summed E-state index contributed by atoms with van der Waals surface area (Å²) in [5.74, 6) is 0.483. The maximum atomic E-state index is 11.3. The first-order valence-electron chi connectivity index (χ1n) is 4.41. The molecule has 2 unspecified atom stereocenters. The van der Waals surface area contributed by atoms with Crippen LogP contribution in [0.4, 0.5) is 0 Å². The van der Waals surface area contributed by atoms with E-state index in [-0.39, 0.29) is 11.9 Å². The fraction of sp³-hybridized carbons (Fsp3) is 0.889. The van der Waals surface area contributed by atoms with Crippen LogP contribution in [-0.2, 0) is 9.53 Å². The molecule has 0 amide bonds. The van der Waals surface area contributed by atoms with Crippen LogP contribution in [0.15, 0.2) is 0 Å². The van der Waals surface area contributed by atoms with Crippen molar-refractivity contribution in [3.8, 4) is 0 Å². The lowest BCUT2D eigenvalue weighted by Crippen LogP contribution is -2.41. The first-order valence-corrected chi connectivity index (χ1v) is 4.41. The van der Waals surface area contributed by atoms with Crippen LogP contribution in [0.1, 0.15) is 13.3 Å². The molecule has 0 aromatic rings. The fourth-order valence-corrected chi connectivity index (χ4v) is 1.69. The average molecular weight is 171 g/mol. The van der Waals surface area contributed by atoms with Crippen LogP contribution in [0.5, 0.6) is 0 Å². The molecule has 1 saturated heterocycles. The summed E-state index contributed by atoms with van der Waals surface area (Å²) in [5, 5.41) is 0. The lowest BCUT2D eigenvalue weighted by Gasteiger charge is -2.32. The Balaban J connectivity index is 2.54. The zero-order valence-corrected chi connectivity index (χ0v) is 8.04. The Labute approximate surface area is 73.7 Å².